The molecule has 1 aliphatic heterocycles. The molecule has 1 saturated heterocycles. The Labute approximate surface area is 153 Å². The fourth-order valence-electron chi connectivity index (χ4n) is 3.14. The molecule has 140 valence electrons. The molecule has 3 rings (SSSR count). The Kier molecular flexibility index (Phi) is 5.13. The second-order valence-corrected chi connectivity index (χ2v) is 9.30. The Morgan fingerprint density at radius 1 is 1.38 bits per heavy atom. The third-order valence-corrected chi connectivity index (χ3v) is 6.26. The van der Waals surface area contributed by atoms with Gasteiger partial charge in [0.05, 0.1) is 41.0 Å². The molecule has 26 heavy (non-hydrogen) atoms. The van der Waals surface area contributed by atoms with E-state index in [-0.39, 0.29) is 29.4 Å². The number of carbonyl (C=O) groups excluding carboxylic acids is 1. The topological polar surface area (TPSA) is 94.0 Å². The molecule has 0 saturated carbocycles. The molecule has 1 N–H and O–H groups in total. The number of nitrogens with one attached hydrogen (secondary N) is 1. The van der Waals surface area contributed by atoms with Gasteiger partial charge in [-0.1, -0.05) is 19.9 Å². The van der Waals surface area contributed by atoms with Crippen molar-refractivity contribution in [2.45, 2.75) is 45.7 Å². The van der Waals surface area contributed by atoms with Gasteiger partial charge in [-0.25, -0.2) is 8.42 Å². The van der Waals surface area contributed by atoms with Gasteiger partial charge in [0, 0.05) is 11.9 Å². The summed E-state index contributed by atoms with van der Waals surface area (Å²) in [7, 11) is -3.01. The molecular formula is C18H24N4O3S. The van der Waals surface area contributed by atoms with Crippen LogP contribution in [0.4, 0.5) is 0 Å². The van der Waals surface area contributed by atoms with Gasteiger partial charge in [0.25, 0.3) is 5.91 Å². The molecule has 0 radical (unpaired) electrons. The summed E-state index contributed by atoms with van der Waals surface area (Å²) in [6.45, 7) is 6.18. The van der Waals surface area contributed by atoms with Crippen LogP contribution in [0.25, 0.3) is 0 Å². The van der Waals surface area contributed by atoms with E-state index in [0.717, 1.165) is 11.4 Å². The van der Waals surface area contributed by atoms with Crippen LogP contribution in [0.5, 0.6) is 0 Å². The number of aromatic nitrogens is 3. The number of sulfone groups is 1. The van der Waals surface area contributed by atoms with E-state index >= 15 is 0 Å². The van der Waals surface area contributed by atoms with Crippen molar-refractivity contribution in [2.75, 3.05) is 11.5 Å². The van der Waals surface area contributed by atoms with Crippen LogP contribution in [0.2, 0.25) is 0 Å². The molecule has 2 aromatic heterocycles. The number of rotatable bonds is 5. The van der Waals surface area contributed by atoms with E-state index < -0.39 is 9.84 Å². The first-order valence-corrected chi connectivity index (χ1v) is 10.6. The van der Waals surface area contributed by atoms with E-state index in [4.69, 9.17) is 0 Å². The summed E-state index contributed by atoms with van der Waals surface area (Å²) in [4.78, 5) is 17.1. The Morgan fingerprint density at radius 2 is 2.15 bits per heavy atom. The lowest BCUT2D eigenvalue weighted by Gasteiger charge is -2.07. The normalized spacial score (nSPS) is 19.0. The molecule has 2 aromatic rings. The lowest BCUT2D eigenvalue weighted by atomic mass is 10.1. The Balaban J connectivity index is 1.78. The van der Waals surface area contributed by atoms with Gasteiger partial charge in [-0.05, 0) is 31.4 Å². The molecule has 1 atom stereocenters. The first-order chi connectivity index (χ1) is 12.2. The van der Waals surface area contributed by atoms with Crippen LogP contribution in [0.3, 0.4) is 0 Å². The number of aryl methyl sites for hydroxylation is 1. The van der Waals surface area contributed by atoms with Crippen LogP contribution in [0.1, 0.15) is 59.7 Å². The third-order valence-electron chi connectivity index (χ3n) is 4.51. The fraction of sp³-hybridized carbons (Fsp3) is 0.500. The fourth-order valence-corrected chi connectivity index (χ4v) is 4.85. The highest BCUT2D eigenvalue weighted by atomic mass is 32.2. The predicted molar refractivity (Wildman–Crippen MR) is 98.8 cm³/mol. The zero-order chi connectivity index (χ0) is 18.9. The molecule has 8 heteroatoms. The lowest BCUT2D eigenvalue weighted by Crippen LogP contribution is -2.24. The van der Waals surface area contributed by atoms with E-state index in [1.54, 1.807) is 10.9 Å². The molecule has 0 aromatic carbocycles. The number of hydrogen-bond acceptors (Lipinski definition) is 5. The van der Waals surface area contributed by atoms with Gasteiger partial charge < -0.3 is 5.32 Å². The predicted octanol–water partition coefficient (Wildman–Crippen LogP) is 2.00. The van der Waals surface area contributed by atoms with Crippen molar-refractivity contribution in [1.29, 1.82) is 0 Å². The van der Waals surface area contributed by atoms with E-state index in [1.165, 1.54) is 0 Å². The van der Waals surface area contributed by atoms with Gasteiger partial charge in [0.1, 0.15) is 0 Å². The van der Waals surface area contributed by atoms with Crippen molar-refractivity contribution in [2.24, 2.45) is 0 Å². The van der Waals surface area contributed by atoms with E-state index in [9.17, 15) is 13.2 Å². The highest BCUT2D eigenvalue weighted by Gasteiger charge is 2.31. The van der Waals surface area contributed by atoms with Crippen molar-refractivity contribution in [3.8, 4) is 0 Å². The summed E-state index contributed by atoms with van der Waals surface area (Å²) >= 11 is 0. The maximum atomic E-state index is 12.7. The summed E-state index contributed by atoms with van der Waals surface area (Å²) in [5.41, 5.74) is 2.87. The highest BCUT2D eigenvalue weighted by molar-refractivity contribution is 7.91. The van der Waals surface area contributed by atoms with Crippen LogP contribution in [-0.4, -0.2) is 40.6 Å². The van der Waals surface area contributed by atoms with Crippen LogP contribution >= 0.6 is 0 Å². The van der Waals surface area contributed by atoms with Crippen molar-refractivity contribution in [1.82, 2.24) is 20.1 Å². The van der Waals surface area contributed by atoms with Crippen molar-refractivity contribution in [3.63, 3.8) is 0 Å². The molecule has 1 unspecified atom stereocenters. The average Bonchev–Trinajstić information content (AvgIpc) is 3.16. The second kappa shape index (κ2) is 7.19. The van der Waals surface area contributed by atoms with Crippen LogP contribution in [-0.2, 0) is 16.4 Å². The SMILES string of the molecule is Cc1cccc(CNC(=O)c2cn(C3CCS(=O)(=O)C3)nc2C(C)C)n1. The van der Waals surface area contributed by atoms with Crippen LogP contribution < -0.4 is 5.32 Å². The number of carbonyl (C=O) groups is 1. The van der Waals surface area contributed by atoms with Gasteiger partial charge in [-0.3, -0.25) is 14.5 Å². The highest BCUT2D eigenvalue weighted by Crippen LogP contribution is 2.26. The van der Waals surface area contributed by atoms with Gasteiger partial charge in [-0.15, -0.1) is 0 Å². The minimum absolute atomic E-state index is 0.0621. The number of nitrogens with zero attached hydrogens (tertiary/aromatic N) is 3. The molecule has 0 bridgehead atoms. The summed E-state index contributed by atoms with van der Waals surface area (Å²) in [6.07, 6.45) is 2.22. The zero-order valence-corrected chi connectivity index (χ0v) is 16.1. The quantitative estimate of drug-likeness (QED) is 0.861. The van der Waals surface area contributed by atoms with Crippen molar-refractivity contribution >= 4 is 15.7 Å². The molecule has 1 aliphatic rings. The number of amides is 1. The van der Waals surface area contributed by atoms with E-state index in [1.807, 2.05) is 39.0 Å². The summed E-state index contributed by atoms with van der Waals surface area (Å²) in [6, 6.07) is 5.48. The Hall–Kier alpha value is -2.22. The second-order valence-electron chi connectivity index (χ2n) is 7.07. The largest absolute Gasteiger partial charge is 0.346 e. The van der Waals surface area contributed by atoms with Crippen LogP contribution in [0, 0.1) is 6.92 Å². The van der Waals surface area contributed by atoms with Crippen molar-refractivity contribution in [3.05, 3.63) is 47.0 Å². The number of hydrogen-bond donors (Lipinski definition) is 1. The Bertz CT molecular complexity index is 918. The standard InChI is InChI=1S/C18H24N4O3S/c1-12(2)17-16(10-22(21-17)15-7-8-26(24,25)11-15)18(23)19-9-14-6-4-5-13(3)20-14/h4-6,10,12,15H,7-9,11H2,1-3H3,(H,19,23). The summed E-state index contributed by atoms with van der Waals surface area (Å²) in [5, 5.41) is 7.41. The molecule has 0 aliphatic carbocycles. The van der Waals surface area contributed by atoms with Crippen LogP contribution in [0.15, 0.2) is 24.4 Å². The zero-order valence-electron chi connectivity index (χ0n) is 15.3. The van der Waals surface area contributed by atoms with E-state index in [2.05, 4.69) is 15.4 Å². The third kappa shape index (κ3) is 4.12. The van der Waals surface area contributed by atoms with Gasteiger partial charge >= 0.3 is 0 Å². The molecule has 1 fully saturated rings. The molecular weight excluding hydrogens is 352 g/mol. The first kappa shape index (κ1) is 18.6. The molecule has 0 spiro atoms. The summed E-state index contributed by atoms with van der Waals surface area (Å²) in [5.74, 6) is 0.103. The van der Waals surface area contributed by atoms with Gasteiger partial charge in [0.2, 0.25) is 0 Å². The average molecular weight is 376 g/mol. The Morgan fingerprint density at radius 3 is 2.77 bits per heavy atom. The van der Waals surface area contributed by atoms with E-state index in [0.29, 0.717) is 24.2 Å². The minimum Gasteiger partial charge on any atom is -0.346 e. The minimum atomic E-state index is -3.01. The molecule has 1 amide bonds. The first-order valence-electron chi connectivity index (χ1n) is 8.75. The van der Waals surface area contributed by atoms with Gasteiger partial charge in [-0.2, -0.15) is 5.10 Å². The number of pyridine rings is 1. The molecule has 7 nitrogen and oxygen atoms in total. The summed E-state index contributed by atoms with van der Waals surface area (Å²) < 4.78 is 25.1. The molecule has 3 heterocycles. The monoisotopic (exact) mass is 376 g/mol. The maximum absolute atomic E-state index is 12.7. The smallest absolute Gasteiger partial charge is 0.255 e. The van der Waals surface area contributed by atoms with Crippen molar-refractivity contribution < 1.29 is 13.2 Å². The van der Waals surface area contributed by atoms with Gasteiger partial charge in [0.15, 0.2) is 9.84 Å². The lowest BCUT2D eigenvalue weighted by molar-refractivity contribution is 0.0949. The maximum Gasteiger partial charge on any atom is 0.255 e.